The predicted octanol–water partition coefficient (Wildman–Crippen LogP) is 3.68. The Balaban J connectivity index is 2.81. The fraction of sp³-hybridized carbons (Fsp3) is 0.364. The minimum Gasteiger partial charge on any atom is -0.455 e. The van der Waals surface area contributed by atoms with E-state index in [1.165, 1.54) is 0 Å². The maximum absolute atomic E-state index is 5.56. The van der Waals surface area contributed by atoms with Gasteiger partial charge in [-0.05, 0) is 19.6 Å². The van der Waals surface area contributed by atoms with Crippen molar-refractivity contribution in [1.29, 1.82) is 0 Å². The van der Waals surface area contributed by atoms with Gasteiger partial charge in [0.05, 0.1) is 5.71 Å². The van der Waals surface area contributed by atoms with Crippen molar-refractivity contribution in [3.63, 3.8) is 0 Å². The summed E-state index contributed by atoms with van der Waals surface area (Å²) in [6.45, 7) is 6.39. The van der Waals surface area contributed by atoms with Gasteiger partial charge in [-0.25, -0.2) is 0 Å². The third-order valence-electron chi connectivity index (χ3n) is 1.66. The van der Waals surface area contributed by atoms with Crippen LogP contribution in [0, 0.1) is 0 Å². The molecule has 0 aromatic heterocycles. The average Bonchev–Trinajstić information content (AvgIpc) is 2.19. The van der Waals surface area contributed by atoms with E-state index in [-0.39, 0.29) is 0 Å². The maximum Gasteiger partial charge on any atom is 0.278 e. The van der Waals surface area contributed by atoms with Crippen LogP contribution < -0.4 is 0 Å². The van der Waals surface area contributed by atoms with Crippen LogP contribution in [0.2, 0.25) is 19.6 Å². The topological polar surface area (TPSA) is 21.6 Å². The van der Waals surface area contributed by atoms with Gasteiger partial charge >= 0.3 is 0 Å². The van der Waals surface area contributed by atoms with E-state index in [9.17, 15) is 0 Å². The Hall–Kier alpha value is -0.363. The van der Waals surface area contributed by atoms with Gasteiger partial charge < -0.3 is 4.53 Å². The monoisotopic (exact) mass is 333 g/mol. The Kier molecular flexibility index (Phi) is 4.78. The van der Waals surface area contributed by atoms with E-state index >= 15 is 0 Å². The molecule has 0 aliphatic carbocycles. The molecule has 0 atom stereocenters. The lowest BCUT2D eigenvalue weighted by Crippen LogP contribution is -2.23. The molecule has 0 fully saturated rings. The number of hydrogen-bond donors (Lipinski definition) is 0. The van der Waals surface area contributed by atoms with Crippen LogP contribution in [0.3, 0.4) is 0 Å². The summed E-state index contributed by atoms with van der Waals surface area (Å²) in [5.41, 5.74) is 2.16. The molecule has 2 nitrogen and oxygen atoms in total. The van der Waals surface area contributed by atoms with E-state index in [0.717, 1.165) is 15.7 Å². The van der Waals surface area contributed by atoms with Crippen LogP contribution in [0.1, 0.15) is 5.56 Å². The summed E-state index contributed by atoms with van der Waals surface area (Å²) in [6.07, 6.45) is 0. The molecule has 0 bridgehead atoms. The Morgan fingerprint density at radius 1 is 1.27 bits per heavy atom. The van der Waals surface area contributed by atoms with Crippen molar-refractivity contribution in [3.05, 3.63) is 35.9 Å². The predicted molar refractivity (Wildman–Crippen MR) is 76.3 cm³/mol. The largest absolute Gasteiger partial charge is 0.455 e. The molecule has 82 valence electrons. The van der Waals surface area contributed by atoms with Gasteiger partial charge in [0.25, 0.3) is 8.32 Å². The van der Waals surface area contributed by atoms with Gasteiger partial charge in [-0.1, -0.05) is 52.9 Å². The number of rotatable bonds is 4. The molecule has 0 saturated heterocycles. The summed E-state index contributed by atoms with van der Waals surface area (Å²) in [7, 11) is -1.56. The Bertz CT molecular complexity index is 332. The number of hydrogen-bond acceptors (Lipinski definition) is 2. The van der Waals surface area contributed by atoms with E-state index < -0.39 is 8.32 Å². The molecule has 0 amide bonds. The standard InChI is InChI=1S/C11H16INOSi/c1-15(2,3)14-13-11(9-12)10-7-5-4-6-8-10/h4-8H,9H2,1-3H3/b13-11+. The first kappa shape index (κ1) is 12.7. The zero-order valence-corrected chi connectivity index (χ0v) is 12.5. The Morgan fingerprint density at radius 2 is 1.87 bits per heavy atom. The summed E-state index contributed by atoms with van der Waals surface area (Å²) in [6, 6.07) is 10.2. The van der Waals surface area contributed by atoms with Crippen molar-refractivity contribution < 1.29 is 4.53 Å². The molecule has 1 rings (SSSR count). The number of nitrogens with zero attached hydrogens (tertiary/aromatic N) is 1. The van der Waals surface area contributed by atoms with Crippen molar-refractivity contribution in [2.75, 3.05) is 4.43 Å². The lowest BCUT2D eigenvalue weighted by Gasteiger charge is -2.14. The van der Waals surface area contributed by atoms with Crippen LogP contribution >= 0.6 is 22.6 Å². The van der Waals surface area contributed by atoms with Gasteiger partial charge in [0.1, 0.15) is 0 Å². The van der Waals surface area contributed by atoms with Gasteiger partial charge in [0, 0.05) is 9.99 Å². The summed E-state index contributed by atoms with van der Waals surface area (Å²) in [5.74, 6) is 0. The molecule has 0 spiro atoms. The molecule has 1 aromatic carbocycles. The van der Waals surface area contributed by atoms with E-state index in [4.69, 9.17) is 4.53 Å². The Labute approximate surface area is 106 Å². The van der Waals surface area contributed by atoms with E-state index in [1.54, 1.807) is 0 Å². The highest BCUT2D eigenvalue weighted by Gasteiger charge is 2.16. The molecule has 0 N–H and O–H groups in total. The molecule has 0 unspecified atom stereocenters. The highest BCUT2D eigenvalue weighted by molar-refractivity contribution is 14.1. The van der Waals surface area contributed by atoms with Gasteiger partial charge in [-0.15, -0.1) is 5.16 Å². The summed E-state index contributed by atoms with van der Waals surface area (Å²) in [5, 5.41) is 4.25. The van der Waals surface area contributed by atoms with E-state index in [2.05, 4.69) is 59.5 Å². The molecule has 0 saturated carbocycles. The number of benzene rings is 1. The lowest BCUT2D eigenvalue weighted by molar-refractivity contribution is 0.335. The zero-order chi connectivity index (χ0) is 11.3. The summed E-state index contributed by atoms with van der Waals surface area (Å²) < 4.78 is 6.43. The number of alkyl halides is 1. The van der Waals surface area contributed by atoms with Gasteiger partial charge in [-0.2, -0.15) is 0 Å². The first-order valence-corrected chi connectivity index (χ1v) is 9.83. The van der Waals surface area contributed by atoms with Crippen molar-refractivity contribution >= 4 is 36.6 Å². The van der Waals surface area contributed by atoms with Crippen molar-refractivity contribution in [2.45, 2.75) is 19.6 Å². The minimum absolute atomic E-state index is 0.867. The fourth-order valence-electron chi connectivity index (χ4n) is 0.977. The SMILES string of the molecule is C[Si](C)(C)O/N=C(\CI)c1ccccc1. The summed E-state index contributed by atoms with van der Waals surface area (Å²) in [4.78, 5) is 0. The fourth-order valence-corrected chi connectivity index (χ4v) is 1.94. The highest BCUT2D eigenvalue weighted by Crippen LogP contribution is 2.08. The minimum atomic E-state index is -1.56. The second-order valence-electron chi connectivity index (χ2n) is 4.24. The first-order chi connectivity index (χ1) is 7.03. The normalized spacial score (nSPS) is 12.7. The average molecular weight is 333 g/mol. The molecule has 0 radical (unpaired) electrons. The van der Waals surface area contributed by atoms with Crippen LogP contribution in [-0.4, -0.2) is 18.5 Å². The molecule has 0 aliphatic rings. The van der Waals surface area contributed by atoms with Crippen molar-refractivity contribution in [3.8, 4) is 0 Å². The smallest absolute Gasteiger partial charge is 0.278 e. The molecular formula is C11H16INOSi. The van der Waals surface area contributed by atoms with Crippen LogP contribution in [0.25, 0.3) is 0 Å². The third kappa shape index (κ3) is 4.79. The van der Waals surface area contributed by atoms with Crippen LogP contribution in [0.15, 0.2) is 35.5 Å². The second kappa shape index (κ2) is 5.65. The quantitative estimate of drug-likeness (QED) is 0.271. The zero-order valence-electron chi connectivity index (χ0n) is 9.33. The van der Waals surface area contributed by atoms with Crippen molar-refractivity contribution in [2.24, 2.45) is 5.16 Å². The molecule has 15 heavy (non-hydrogen) atoms. The van der Waals surface area contributed by atoms with E-state index in [0.29, 0.717) is 0 Å². The molecule has 0 aliphatic heterocycles. The second-order valence-corrected chi connectivity index (χ2v) is 9.41. The van der Waals surface area contributed by atoms with Crippen LogP contribution in [-0.2, 0) is 4.53 Å². The number of halogens is 1. The maximum atomic E-state index is 5.56. The molecule has 4 heteroatoms. The van der Waals surface area contributed by atoms with Gasteiger partial charge in [0.15, 0.2) is 0 Å². The third-order valence-corrected chi connectivity index (χ3v) is 3.02. The molecule has 0 heterocycles. The van der Waals surface area contributed by atoms with Crippen molar-refractivity contribution in [1.82, 2.24) is 0 Å². The van der Waals surface area contributed by atoms with Gasteiger partial charge in [0.2, 0.25) is 0 Å². The first-order valence-electron chi connectivity index (χ1n) is 4.89. The van der Waals surface area contributed by atoms with E-state index in [1.807, 2.05) is 18.2 Å². The van der Waals surface area contributed by atoms with Crippen LogP contribution in [0.5, 0.6) is 0 Å². The number of oxime groups is 1. The lowest BCUT2D eigenvalue weighted by atomic mass is 10.1. The summed E-state index contributed by atoms with van der Waals surface area (Å²) >= 11 is 2.31. The Morgan fingerprint density at radius 3 is 2.33 bits per heavy atom. The molecular weight excluding hydrogens is 317 g/mol. The molecule has 1 aromatic rings. The van der Waals surface area contributed by atoms with Gasteiger partial charge in [-0.3, -0.25) is 0 Å². The van der Waals surface area contributed by atoms with Crippen LogP contribution in [0.4, 0.5) is 0 Å². The highest BCUT2D eigenvalue weighted by atomic mass is 127.